The van der Waals surface area contributed by atoms with E-state index in [0.717, 1.165) is 0 Å². The second-order valence-electron chi connectivity index (χ2n) is 7.83. The van der Waals surface area contributed by atoms with Gasteiger partial charge in [0.05, 0.1) is 30.7 Å². The van der Waals surface area contributed by atoms with E-state index < -0.39 is 33.5 Å². The van der Waals surface area contributed by atoms with E-state index in [9.17, 15) is 23.1 Å². The fourth-order valence-electron chi connectivity index (χ4n) is 4.00. The molecule has 1 atom stereocenters. The van der Waals surface area contributed by atoms with E-state index in [0.29, 0.717) is 22.1 Å². The largest absolute Gasteiger partial charge is 0.507 e. The molecule has 0 aromatic heterocycles. The monoisotopic (exact) mass is 528 g/mol. The zero-order valence-electron chi connectivity index (χ0n) is 19.1. The number of aliphatic hydroxyl groups is 1. The number of carbonyl (C=O) groups excluding carboxylic acids is 2. The molecule has 3 aromatic rings. The minimum atomic E-state index is -3.97. The van der Waals surface area contributed by atoms with Gasteiger partial charge in [0.1, 0.15) is 5.76 Å². The molecule has 1 saturated heterocycles. The van der Waals surface area contributed by atoms with E-state index in [1.165, 1.54) is 55.5 Å². The molecule has 0 bridgehead atoms. The number of nitrogens with zero attached hydrogens (tertiary/aromatic N) is 1. The van der Waals surface area contributed by atoms with Gasteiger partial charge in [0.25, 0.3) is 11.7 Å². The third-order valence-corrected chi connectivity index (χ3v) is 6.91. The summed E-state index contributed by atoms with van der Waals surface area (Å²) in [6.07, 6.45) is 0. The molecule has 186 valence electrons. The molecule has 0 unspecified atom stereocenters. The highest BCUT2D eigenvalue weighted by molar-refractivity contribution is 7.89. The lowest BCUT2D eigenvalue weighted by atomic mass is 9.94. The number of hydrogen-bond donors (Lipinski definition) is 2. The third kappa shape index (κ3) is 4.53. The molecule has 3 aromatic carbocycles. The Labute approximate surface area is 212 Å². The summed E-state index contributed by atoms with van der Waals surface area (Å²) in [5, 5.41) is 16.8. The molecule has 0 saturated carbocycles. The lowest BCUT2D eigenvalue weighted by Gasteiger charge is -2.26. The molecule has 1 heterocycles. The number of ketones is 1. The first-order chi connectivity index (χ1) is 17.1. The number of benzene rings is 3. The Bertz CT molecular complexity index is 1480. The standard InChI is InChI=1S/C25H21ClN2O7S/c1-34-19-12-5-15(13-20(19)35-2)22-21(23(29)14-3-6-16(26)7-4-14)24(30)25(31)28(22)17-8-10-18(11-9-17)36(27,32)33/h3-13,22,29H,1-2H3,(H2,27,32,33)/t22-/m1/s1. The molecule has 0 radical (unpaired) electrons. The summed E-state index contributed by atoms with van der Waals surface area (Å²) in [6.45, 7) is 0. The Kier molecular flexibility index (Phi) is 6.77. The summed E-state index contributed by atoms with van der Waals surface area (Å²) >= 11 is 5.96. The minimum Gasteiger partial charge on any atom is -0.507 e. The minimum absolute atomic E-state index is 0.160. The van der Waals surface area contributed by atoms with Crippen molar-refractivity contribution in [3.05, 3.63) is 88.5 Å². The van der Waals surface area contributed by atoms with Crippen molar-refractivity contribution in [3.8, 4) is 11.5 Å². The third-order valence-electron chi connectivity index (χ3n) is 5.73. The highest BCUT2D eigenvalue weighted by Gasteiger charge is 2.47. The van der Waals surface area contributed by atoms with Crippen LogP contribution in [-0.4, -0.2) is 39.4 Å². The molecular weight excluding hydrogens is 508 g/mol. The molecule has 1 aliphatic rings. The average molecular weight is 529 g/mol. The summed E-state index contributed by atoms with van der Waals surface area (Å²) < 4.78 is 34.1. The summed E-state index contributed by atoms with van der Waals surface area (Å²) in [4.78, 5) is 27.5. The number of carbonyl (C=O) groups is 2. The van der Waals surface area contributed by atoms with Gasteiger partial charge in [0.15, 0.2) is 11.5 Å². The van der Waals surface area contributed by atoms with Crippen LogP contribution in [0.1, 0.15) is 17.2 Å². The van der Waals surface area contributed by atoms with Crippen molar-refractivity contribution < 1.29 is 32.6 Å². The van der Waals surface area contributed by atoms with Crippen LogP contribution in [0.4, 0.5) is 5.69 Å². The SMILES string of the molecule is COc1ccc([C@@H]2C(=C(O)c3ccc(Cl)cc3)C(=O)C(=O)N2c2ccc(S(N)(=O)=O)cc2)cc1OC. The van der Waals surface area contributed by atoms with Crippen LogP contribution in [-0.2, 0) is 19.6 Å². The number of amides is 1. The second kappa shape index (κ2) is 9.65. The number of Topliss-reactive ketones (excluding diaryl/α,β-unsaturated/α-hetero) is 1. The van der Waals surface area contributed by atoms with Gasteiger partial charge in [-0.05, 0) is 66.2 Å². The van der Waals surface area contributed by atoms with Gasteiger partial charge in [0.2, 0.25) is 10.0 Å². The van der Waals surface area contributed by atoms with Gasteiger partial charge in [0, 0.05) is 16.3 Å². The number of sulfonamides is 1. The molecule has 1 amide bonds. The van der Waals surface area contributed by atoms with Crippen LogP contribution >= 0.6 is 11.6 Å². The zero-order chi connectivity index (χ0) is 26.2. The first-order valence-corrected chi connectivity index (χ1v) is 12.4. The van der Waals surface area contributed by atoms with Crippen LogP contribution in [0.15, 0.2) is 77.2 Å². The Morgan fingerprint density at radius 1 is 0.944 bits per heavy atom. The first-order valence-electron chi connectivity index (χ1n) is 10.5. The highest BCUT2D eigenvalue weighted by Crippen LogP contribution is 2.44. The maximum absolute atomic E-state index is 13.3. The highest BCUT2D eigenvalue weighted by atomic mass is 35.5. The van der Waals surface area contributed by atoms with E-state index >= 15 is 0 Å². The van der Waals surface area contributed by atoms with Gasteiger partial charge in [-0.25, -0.2) is 13.6 Å². The molecular formula is C25H21ClN2O7S. The number of hydrogen-bond acceptors (Lipinski definition) is 7. The molecule has 9 nitrogen and oxygen atoms in total. The quantitative estimate of drug-likeness (QED) is 0.283. The normalized spacial score (nSPS) is 17.3. The summed E-state index contributed by atoms with van der Waals surface area (Å²) in [5.74, 6) is -1.45. The molecule has 0 spiro atoms. The summed E-state index contributed by atoms with van der Waals surface area (Å²) in [5.41, 5.74) is 0.787. The van der Waals surface area contributed by atoms with Crippen LogP contribution in [0, 0.1) is 0 Å². The average Bonchev–Trinajstić information content (AvgIpc) is 3.13. The van der Waals surface area contributed by atoms with Crippen LogP contribution in [0.25, 0.3) is 5.76 Å². The number of aliphatic hydroxyl groups excluding tert-OH is 1. The van der Waals surface area contributed by atoms with Gasteiger partial charge in [-0.1, -0.05) is 17.7 Å². The van der Waals surface area contributed by atoms with Gasteiger partial charge in [-0.2, -0.15) is 0 Å². The van der Waals surface area contributed by atoms with Crippen molar-refractivity contribution in [1.29, 1.82) is 0 Å². The number of rotatable bonds is 6. The van der Waals surface area contributed by atoms with E-state index in [2.05, 4.69) is 0 Å². The number of halogens is 1. The van der Waals surface area contributed by atoms with Crippen molar-refractivity contribution in [2.75, 3.05) is 19.1 Å². The van der Waals surface area contributed by atoms with Crippen LogP contribution in [0.3, 0.4) is 0 Å². The summed E-state index contributed by atoms with van der Waals surface area (Å²) in [7, 11) is -1.06. The first kappa shape index (κ1) is 25.2. The predicted molar refractivity (Wildman–Crippen MR) is 134 cm³/mol. The predicted octanol–water partition coefficient (Wildman–Crippen LogP) is 3.63. The number of anilines is 1. The van der Waals surface area contributed by atoms with E-state index in [4.69, 9.17) is 26.2 Å². The van der Waals surface area contributed by atoms with Crippen molar-refractivity contribution >= 4 is 44.8 Å². The molecule has 0 aliphatic carbocycles. The Hall–Kier alpha value is -3.86. The van der Waals surface area contributed by atoms with Gasteiger partial charge >= 0.3 is 0 Å². The van der Waals surface area contributed by atoms with Crippen molar-refractivity contribution in [3.63, 3.8) is 0 Å². The topological polar surface area (TPSA) is 136 Å². The number of nitrogens with two attached hydrogens (primary N) is 1. The lowest BCUT2D eigenvalue weighted by Crippen LogP contribution is -2.29. The zero-order valence-corrected chi connectivity index (χ0v) is 20.7. The fourth-order valence-corrected chi connectivity index (χ4v) is 4.64. The van der Waals surface area contributed by atoms with Crippen molar-refractivity contribution in [2.45, 2.75) is 10.9 Å². The lowest BCUT2D eigenvalue weighted by molar-refractivity contribution is -0.132. The molecule has 11 heteroatoms. The molecule has 36 heavy (non-hydrogen) atoms. The van der Waals surface area contributed by atoms with Gasteiger partial charge in [-0.3, -0.25) is 14.5 Å². The van der Waals surface area contributed by atoms with Gasteiger partial charge < -0.3 is 14.6 Å². The number of methoxy groups -OCH3 is 2. The maximum atomic E-state index is 13.3. The molecule has 1 aliphatic heterocycles. The van der Waals surface area contributed by atoms with Gasteiger partial charge in [-0.15, -0.1) is 0 Å². The molecule has 4 rings (SSSR count). The fraction of sp³-hybridized carbons (Fsp3) is 0.120. The number of primary sulfonamides is 1. The van der Waals surface area contributed by atoms with E-state index in [1.54, 1.807) is 30.3 Å². The smallest absolute Gasteiger partial charge is 0.300 e. The van der Waals surface area contributed by atoms with E-state index in [1.807, 2.05) is 0 Å². The van der Waals surface area contributed by atoms with Crippen LogP contribution in [0.5, 0.6) is 11.5 Å². The Morgan fingerprint density at radius 3 is 2.11 bits per heavy atom. The van der Waals surface area contributed by atoms with Crippen LogP contribution < -0.4 is 19.5 Å². The second-order valence-corrected chi connectivity index (χ2v) is 9.83. The van der Waals surface area contributed by atoms with Crippen LogP contribution in [0.2, 0.25) is 5.02 Å². The molecule has 3 N–H and O–H groups in total. The molecule has 1 fully saturated rings. The summed E-state index contributed by atoms with van der Waals surface area (Å²) in [6, 6.07) is 15.1. The van der Waals surface area contributed by atoms with E-state index in [-0.39, 0.29) is 21.7 Å². The number of ether oxygens (including phenoxy) is 2. The Morgan fingerprint density at radius 2 is 1.56 bits per heavy atom. The maximum Gasteiger partial charge on any atom is 0.300 e. The Balaban J connectivity index is 1.95. The van der Waals surface area contributed by atoms with Crippen molar-refractivity contribution in [1.82, 2.24) is 0 Å². The van der Waals surface area contributed by atoms with Crippen molar-refractivity contribution in [2.24, 2.45) is 5.14 Å².